The fourth-order valence-corrected chi connectivity index (χ4v) is 3.30. The molecule has 2 atom stereocenters. The third kappa shape index (κ3) is 3.95. The average molecular weight is 397 g/mol. The van der Waals surface area contributed by atoms with E-state index in [-0.39, 0.29) is 56.1 Å². The van der Waals surface area contributed by atoms with Crippen LogP contribution in [0.2, 0.25) is 0 Å². The number of amides is 4. The first-order chi connectivity index (χ1) is 12.4. The van der Waals surface area contributed by atoms with Gasteiger partial charge in [-0.05, 0) is 18.6 Å². The predicted octanol–water partition coefficient (Wildman–Crippen LogP) is 0.302. The van der Waals surface area contributed by atoms with E-state index in [2.05, 4.69) is 10.6 Å². The second kappa shape index (κ2) is 8.47. The molecule has 2 aliphatic heterocycles. The molecule has 9 nitrogen and oxygen atoms in total. The Bertz CT molecular complexity index is 785. The Morgan fingerprint density at radius 3 is 2.74 bits per heavy atom. The fourth-order valence-electron chi connectivity index (χ4n) is 3.30. The Morgan fingerprint density at radius 2 is 2.11 bits per heavy atom. The number of ether oxygens (including phenoxy) is 1. The summed E-state index contributed by atoms with van der Waals surface area (Å²) in [5.41, 5.74) is 6.81. The molecule has 1 saturated heterocycles. The van der Waals surface area contributed by atoms with Crippen LogP contribution < -0.4 is 16.4 Å². The van der Waals surface area contributed by atoms with Crippen LogP contribution in [0.25, 0.3) is 0 Å². The monoisotopic (exact) mass is 396 g/mol. The molecule has 0 radical (unpaired) electrons. The lowest BCUT2D eigenvalue weighted by Gasteiger charge is -2.34. The molecule has 2 heterocycles. The van der Waals surface area contributed by atoms with Gasteiger partial charge in [-0.25, -0.2) is 0 Å². The van der Waals surface area contributed by atoms with Gasteiger partial charge >= 0.3 is 0 Å². The summed E-state index contributed by atoms with van der Waals surface area (Å²) in [5, 5.41) is 4.95. The number of halogens is 1. The number of piperidine rings is 1. The van der Waals surface area contributed by atoms with Crippen molar-refractivity contribution in [3.05, 3.63) is 29.3 Å². The number of carbonyl (C=O) groups is 4. The molecule has 3 rings (SSSR count). The fraction of sp³-hybridized carbons (Fsp3) is 0.412. The van der Waals surface area contributed by atoms with E-state index in [9.17, 15) is 19.2 Å². The summed E-state index contributed by atoms with van der Waals surface area (Å²) >= 11 is 0. The van der Waals surface area contributed by atoms with Gasteiger partial charge in [-0.2, -0.15) is 0 Å². The van der Waals surface area contributed by atoms with Gasteiger partial charge in [0.05, 0.1) is 6.61 Å². The summed E-state index contributed by atoms with van der Waals surface area (Å²) in [4.78, 5) is 49.5. The van der Waals surface area contributed by atoms with Gasteiger partial charge in [0.2, 0.25) is 17.7 Å². The molecule has 1 fully saturated rings. The number of fused-ring (bicyclic) bond motifs is 1. The van der Waals surface area contributed by atoms with Crippen molar-refractivity contribution in [3.8, 4) is 0 Å². The minimum atomic E-state index is -0.868. The minimum Gasteiger partial charge on any atom is -0.352 e. The van der Waals surface area contributed by atoms with Crippen LogP contribution in [0.3, 0.4) is 0 Å². The van der Waals surface area contributed by atoms with E-state index in [0.717, 1.165) is 0 Å². The molecule has 27 heavy (non-hydrogen) atoms. The average Bonchev–Trinajstić information content (AvgIpc) is 2.86. The molecule has 0 aromatic heterocycles. The van der Waals surface area contributed by atoms with E-state index in [1.807, 2.05) is 0 Å². The topological polar surface area (TPSA) is 131 Å². The molecule has 0 saturated carbocycles. The Balaban J connectivity index is 0.00000261. The third-order valence-corrected chi connectivity index (χ3v) is 4.32. The molecule has 10 heteroatoms. The van der Waals surface area contributed by atoms with Gasteiger partial charge in [0.15, 0.2) is 6.23 Å². The number of hydrogen-bond donors (Lipinski definition) is 3. The maximum Gasteiger partial charge on any atom is 0.257 e. The van der Waals surface area contributed by atoms with Crippen molar-refractivity contribution in [1.29, 1.82) is 0 Å². The van der Waals surface area contributed by atoms with Gasteiger partial charge in [0.25, 0.3) is 5.91 Å². The summed E-state index contributed by atoms with van der Waals surface area (Å²) in [7, 11) is 0. The summed E-state index contributed by atoms with van der Waals surface area (Å²) < 4.78 is 5.78. The molecule has 1 aromatic rings. The zero-order chi connectivity index (χ0) is 18.8. The highest BCUT2D eigenvalue weighted by Gasteiger charge is 2.46. The Labute approximate surface area is 162 Å². The highest BCUT2D eigenvalue weighted by Crippen LogP contribution is 2.41. The summed E-state index contributed by atoms with van der Waals surface area (Å²) in [6.07, 6.45) is -0.519. The van der Waals surface area contributed by atoms with E-state index in [1.165, 1.54) is 11.8 Å². The number of rotatable bonds is 5. The first-order valence-corrected chi connectivity index (χ1v) is 8.32. The molecule has 0 bridgehead atoms. The molecular formula is C17H21ClN4O5. The lowest BCUT2D eigenvalue weighted by Crippen LogP contribution is -2.53. The van der Waals surface area contributed by atoms with Crippen molar-refractivity contribution in [2.75, 3.05) is 18.5 Å². The highest BCUT2D eigenvalue weighted by molar-refractivity contribution is 6.07. The van der Waals surface area contributed by atoms with E-state index < -0.39 is 18.2 Å². The molecule has 4 N–H and O–H groups in total. The predicted molar refractivity (Wildman–Crippen MR) is 98.1 cm³/mol. The molecule has 2 unspecified atom stereocenters. The first kappa shape index (κ1) is 20.8. The maximum atomic E-state index is 13.0. The Hall–Kier alpha value is -2.49. The molecular weight excluding hydrogens is 376 g/mol. The van der Waals surface area contributed by atoms with Gasteiger partial charge in [-0.3, -0.25) is 29.4 Å². The van der Waals surface area contributed by atoms with Crippen LogP contribution in [0.5, 0.6) is 0 Å². The van der Waals surface area contributed by atoms with Crippen LogP contribution in [0, 0.1) is 0 Å². The molecule has 0 aliphatic carbocycles. The zero-order valence-corrected chi connectivity index (χ0v) is 15.5. The SMILES string of the molecule is CC(=O)Nc1cccc2c1C(OCCN)N(C1CCC(=O)NC1=O)C2=O.Cl. The van der Waals surface area contributed by atoms with Crippen molar-refractivity contribution in [3.63, 3.8) is 0 Å². The number of nitrogens with two attached hydrogens (primary N) is 1. The first-order valence-electron chi connectivity index (χ1n) is 8.32. The van der Waals surface area contributed by atoms with Crippen molar-refractivity contribution in [2.24, 2.45) is 5.73 Å². The van der Waals surface area contributed by atoms with Gasteiger partial charge in [-0.15, -0.1) is 12.4 Å². The smallest absolute Gasteiger partial charge is 0.257 e. The number of carbonyl (C=O) groups excluding carboxylic acids is 4. The van der Waals surface area contributed by atoms with Crippen molar-refractivity contribution >= 4 is 41.7 Å². The van der Waals surface area contributed by atoms with Crippen molar-refractivity contribution in [1.82, 2.24) is 10.2 Å². The van der Waals surface area contributed by atoms with Crippen LogP contribution >= 0.6 is 12.4 Å². The van der Waals surface area contributed by atoms with E-state index >= 15 is 0 Å². The van der Waals surface area contributed by atoms with E-state index in [4.69, 9.17) is 10.5 Å². The minimum absolute atomic E-state index is 0. The maximum absolute atomic E-state index is 13.0. The quantitative estimate of drug-likeness (QED) is 0.613. The van der Waals surface area contributed by atoms with Crippen molar-refractivity contribution in [2.45, 2.75) is 32.0 Å². The second-order valence-corrected chi connectivity index (χ2v) is 6.14. The van der Waals surface area contributed by atoms with Crippen LogP contribution in [-0.2, 0) is 19.1 Å². The standard InChI is InChI=1S/C17H20N4O5.ClH/c1-9(22)19-11-4-2-3-10-14(11)17(26-8-7-18)21(16(10)25)12-5-6-13(23)20-15(12)24;/h2-4,12,17H,5-8,18H2,1H3,(H,19,22)(H,20,23,24);1H. The van der Waals surface area contributed by atoms with Gasteiger partial charge < -0.3 is 15.8 Å². The van der Waals surface area contributed by atoms with Gasteiger partial charge in [0.1, 0.15) is 6.04 Å². The summed E-state index contributed by atoms with van der Waals surface area (Å²) in [5.74, 6) is -1.58. The normalized spacial score (nSPS) is 21.4. The number of imide groups is 1. The molecule has 146 valence electrons. The Morgan fingerprint density at radius 1 is 1.37 bits per heavy atom. The van der Waals surface area contributed by atoms with Gasteiger partial charge in [-0.1, -0.05) is 6.07 Å². The molecule has 0 spiro atoms. The van der Waals surface area contributed by atoms with Crippen LogP contribution in [-0.4, -0.2) is 47.7 Å². The largest absolute Gasteiger partial charge is 0.352 e. The summed E-state index contributed by atoms with van der Waals surface area (Å²) in [6, 6.07) is 4.10. The molecule has 4 amide bonds. The van der Waals surface area contributed by atoms with E-state index in [1.54, 1.807) is 18.2 Å². The Kier molecular flexibility index (Phi) is 6.53. The highest BCUT2D eigenvalue weighted by atomic mass is 35.5. The summed E-state index contributed by atoms with van der Waals surface area (Å²) in [6.45, 7) is 1.75. The number of anilines is 1. The van der Waals surface area contributed by atoms with Crippen LogP contribution in [0.1, 0.15) is 41.9 Å². The second-order valence-electron chi connectivity index (χ2n) is 6.14. The van der Waals surface area contributed by atoms with Crippen LogP contribution in [0.15, 0.2) is 18.2 Å². The van der Waals surface area contributed by atoms with E-state index in [0.29, 0.717) is 16.8 Å². The number of benzene rings is 1. The molecule has 1 aromatic carbocycles. The lowest BCUT2D eigenvalue weighted by molar-refractivity contribution is -0.141. The van der Waals surface area contributed by atoms with Crippen LogP contribution in [0.4, 0.5) is 5.69 Å². The number of nitrogens with zero attached hydrogens (tertiary/aromatic N) is 1. The lowest BCUT2D eigenvalue weighted by atomic mass is 10.0. The molecule has 2 aliphatic rings. The number of nitrogens with one attached hydrogen (secondary N) is 2. The number of hydrogen-bond acceptors (Lipinski definition) is 6. The zero-order valence-electron chi connectivity index (χ0n) is 14.7. The van der Waals surface area contributed by atoms with Crippen molar-refractivity contribution < 1.29 is 23.9 Å². The third-order valence-electron chi connectivity index (χ3n) is 4.32. The van der Waals surface area contributed by atoms with Gasteiger partial charge in [0, 0.05) is 36.7 Å².